The Bertz CT molecular complexity index is 560. The second-order valence-electron chi connectivity index (χ2n) is 5.44. The summed E-state index contributed by atoms with van der Waals surface area (Å²) in [4.78, 5) is 6.96. The molecule has 0 saturated carbocycles. The molecule has 0 bridgehead atoms. The van der Waals surface area contributed by atoms with Crippen molar-refractivity contribution in [2.24, 2.45) is 0 Å². The maximum atomic E-state index is 5.91. The number of imidazole rings is 1. The fourth-order valence-electron chi connectivity index (χ4n) is 2.62. The Hall–Kier alpha value is -1.06. The predicted octanol–water partition coefficient (Wildman–Crippen LogP) is 3.25. The van der Waals surface area contributed by atoms with E-state index >= 15 is 0 Å². The molecular formula is C15H22ClN3. The van der Waals surface area contributed by atoms with Gasteiger partial charge in [-0.15, -0.1) is 11.6 Å². The van der Waals surface area contributed by atoms with E-state index < -0.39 is 0 Å². The van der Waals surface area contributed by atoms with E-state index in [9.17, 15) is 0 Å². The first-order valence-electron chi connectivity index (χ1n) is 6.71. The van der Waals surface area contributed by atoms with Crippen molar-refractivity contribution in [3.63, 3.8) is 0 Å². The van der Waals surface area contributed by atoms with E-state index in [0.29, 0.717) is 11.9 Å². The number of aromatic nitrogens is 2. The molecule has 0 aliphatic rings. The summed E-state index contributed by atoms with van der Waals surface area (Å²) in [5.74, 6) is 1.70. The number of aryl methyl sites for hydroxylation is 2. The third-order valence-corrected chi connectivity index (χ3v) is 3.50. The Morgan fingerprint density at radius 2 is 2.11 bits per heavy atom. The topological polar surface area (TPSA) is 21.1 Å². The Morgan fingerprint density at radius 3 is 2.74 bits per heavy atom. The number of alkyl halides is 1. The number of likely N-dealkylation sites (N-methyl/N-ethyl adjacent to an activating group) is 1. The normalized spacial score (nSPS) is 13.4. The second kappa shape index (κ2) is 5.93. The zero-order valence-electron chi connectivity index (χ0n) is 12.2. The lowest BCUT2D eigenvalue weighted by atomic mass is 10.2. The van der Waals surface area contributed by atoms with Gasteiger partial charge in [0, 0.05) is 24.9 Å². The number of halogens is 1. The van der Waals surface area contributed by atoms with Gasteiger partial charge < -0.3 is 9.47 Å². The summed E-state index contributed by atoms with van der Waals surface area (Å²) in [7, 11) is 4.20. The number of nitrogens with zero attached hydrogens (tertiary/aromatic N) is 3. The van der Waals surface area contributed by atoms with Crippen LogP contribution in [0, 0.1) is 6.92 Å². The van der Waals surface area contributed by atoms with Crippen LogP contribution >= 0.6 is 11.6 Å². The summed E-state index contributed by atoms with van der Waals surface area (Å²) in [5.41, 5.74) is 3.53. The number of hydrogen-bond acceptors (Lipinski definition) is 2. The fraction of sp³-hybridized carbons (Fsp3) is 0.533. The molecule has 0 spiro atoms. The molecular weight excluding hydrogens is 258 g/mol. The molecule has 2 aromatic rings. The lowest BCUT2D eigenvalue weighted by Crippen LogP contribution is -2.23. The maximum absolute atomic E-state index is 5.91. The van der Waals surface area contributed by atoms with E-state index in [1.54, 1.807) is 0 Å². The van der Waals surface area contributed by atoms with E-state index in [4.69, 9.17) is 16.6 Å². The Morgan fingerprint density at radius 1 is 1.37 bits per heavy atom. The standard InChI is InChI=1S/C15H22ClN3/c1-11-5-6-14-13(9-11)17-15(7-8-16)19(14)12(2)10-18(3)4/h5-6,9,12H,7-8,10H2,1-4H3. The van der Waals surface area contributed by atoms with E-state index in [1.165, 1.54) is 11.1 Å². The molecule has 0 aliphatic heterocycles. The van der Waals surface area contributed by atoms with Gasteiger partial charge in [0.05, 0.1) is 11.0 Å². The molecule has 0 aliphatic carbocycles. The van der Waals surface area contributed by atoms with Crippen LogP contribution in [0.4, 0.5) is 0 Å². The highest BCUT2D eigenvalue weighted by atomic mass is 35.5. The molecule has 19 heavy (non-hydrogen) atoms. The molecule has 2 rings (SSSR count). The molecule has 4 heteroatoms. The van der Waals surface area contributed by atoms with Crippen LogP contribution in [0.15, 0.2) is 18.2 Å². The minimum atomic E-state index is 0.390. The summed E-state index contributed by atoms with van der Waals surface area (Å²) in [6.45, 7) is 5.33. The SMILES string of the molecule is Cc1ccc2c(c1)nc(CCCl)n2C(C)CN(C)C. The fourth-order valence-corrected chi connectivity index (χ4v) is 2.79. The molecule has 104 valence electrons. The van der Waals surface area contributed by atoms with E-state index in [1.807, 2.05) is 0 Å². The van der Waals surface area contributed by atoms with Gasteiger partial charge in [0.2, 0.25) is 0 Å². The first kappa shape index (κ1) is 14.4. The number of hydrogen-bond donors (Lipinski definition) is 0. The molecule has 1 aromatic heterocycles. The number of fused-ring (bicyclic) bond motifs is 1. The zero-order valence-corrected chi connectivity index (χ0v) is 12.9. The first-order valence-corrected chi connectivity index (χ1v) is 7.24. The predicted molar refractivity (Wildman–Crippen MR) is 82.2 cm³/mol. The van der Waals surface area contributed by atoms with Crippen LogP contribution < -0.4 is 0 Å². The monoisotopic (exact) mass is 279 g/mol. The number of benzene rings is 1. The second-order valence-corrected chi connectivity index (χ2v) is 5.82. The minimum absolute atomic E-state index is 0.390. The summed E-state index contributed by atoms with van der Waals surface area (Å²) >= 11 is 5.91. The van der Waals surface area contributed by atoms with Crippen molar-refractivity contribution < 1.29 is 0 Å². The van der Waals surface area contributed by atoms with Crippen LogP contribution in [-0.4, -0.2) is 41.0 Å². The van der Waals surface area contributed by atoms with Crippen molar-refractivity contribution in [3.8, 4) is 0 Å². The van der Waals surface area contributed by atoms with Crippen molar-refractivity contribution >= 4 is 22.6 Å². The van der Waals surface area contributed by atoms with Gasteiger partial charge >= 0.3 is 0 Å². The van der Waals surface area contributed by atoms with Gasteiger partial charge in [-0.1, -0.05) is 6.07 Å². The molecule has 0 fully saturated rings. The van der Waals surface area contributed by atoms with Crippen LogP contribution in [0.5, 0.6) is 0 Å². The van der Waals surface area contributed by atoms with Crippen molar-refractivity contribution in [2.75, 3.05) is 26.5 Å². The van der Waals surface area contributed by atoms with Gasteiger partial charge in [0.1, 0.15) is 5.82 Å². The van der Waals surface area contributed by atoms with E-state index in [0.717, 1.165) is 24.3 Å². The largest absolute Gasteiger partial charge is 0.324 e. The molecule has 1 heterocycles. The Labute approximate surface area is 120 Å². The summed E-state index contributed by atoms with van der Waals surface area (Å²) in [6, 6.07) is 6.85. The average molecular weight is 280 g/mol. The Balaban J connectivity index is 2.51. The molecule has 0 N–H and O–H groups in total. The van der Waals surface area contributed by atoms with Gasteiger partial charge in [-0.3, -0.25) is 0 Å². The molecule has 3 nitrogen and oxygen atoms in total. The maximum Gasteiger partial charge on any atom is 0.111 e. The van der Waals surface area contributed by atoms with Gasteiger partial charge in [0.25, 0.3) is 0 Å². The Kier molecular flexibility index (Phi) is 4.48. The van der Waals surface area contributed by atoms with Crippen LogP contribution in [0.25, 0.3) is 11.0 Å². The molecule has 0 amide bonds. The van der Waals surface area contributed by atoms with E-state index in [2.05, 4.69) is 55.6 Å². The van der Waals surface area contributed by atoms with Gasteiger partial charge in [-0.2, -0.15) is 0 Å². The van der Waals surface area contributed by atoms with Crippen molar-refractivity contribution in [1.29, 1.82) is 0 Å². The van der Waals surface area contributed by atoms with Gasteiger partial charge in [0.15, 0.2) is 0 Å². The lowest BCUT2D eigenvalue weighted by molar-refractivity contribution is 0.337. The van der Waals surface area contributed by atoms with Crippen molar-refractivity contribution in [2.45, 2.75) is 26.3 Å². The molecule has 0 saturated heterocycles. The van der Waals surface area contributed by atoms with Crippen LogP contribution in [0.1, 0.15) is 24.4 Å². The van der Waals surface area contributed by atoms with Crippen LogP contribution in [-0.2, 0) is 6.42 Å². The molecule has 1 aromatic carbocycles. The highest BCUT2D eigenvalue weighted by Crippen LogP contribution is 2.23. The average Bonchev–Trinajstić information content (AvgIpc) is 2.65. The van der Waals surface area contributed by atoms with Gasteiger partial charge in [-0.25, -0.2) is 4.98 Å². The third-order valence-electron chi connectivity index (χ3n) is 3.31. The third kappa shape index (κ3) is 3.10. The van der Waals surface area contributed by atoms with E-state index in [-0.39, 0.29) is 0 Å². The van der Waals surface area contributed by atoms with Crippen molar-refractivity contribution in [3.05, 3.63) is 29.6 Å². The number of rotatable bonds is 5. The zero-order chi connectivity index (χ0) is 14.0. The van der Waals surface area contributed by atoms with Crippen LogP contribution in [0.3, 0.4) is 0 Å². The summed E-state index contributed by atoms with van der Waals surface area (Å²) < 4.78 is 2.33. The molecule has 1 unspecified atom stereocenters. The molecule has 0 radical (unpaired) electrons. The highest BCUT2D eigenvalue weighted by Gasteiger charge is 2.16. The summed E-state index contributed by atoms with van der Waals surface area (Å²) in [6.07, 6.45) is 0.813. The minimum Gasteiger partial charge on any atom is -0.324 e. The summed E-state index contributed by atoms with van der Waals surface area (Å²) in [5, 5.41) is 0. The van der Waals surface area contributed by atoms with Crippen LogP contribution in [0.2, 0.25) is 0 Å². The first-order chi connectivity index (χ1) is 9.02. The lowest BCUT2D eigenvalue weighted by Gasteiger charge is -2.21. The molecule has 1 atom stereocenters. The van der Waals surface area contributed by atoms with Gasteiger partial charge in [-0.05, 0) is 45.6 Å². The smallest absolute Gasteiger partial charge is 0.111 e. The van der Waals surface area contributed by atoms with Crippen molar-refractivity contribution in [1.82, 2.24) is 14.5 Å². The highest BCUT2D eigenvalue weighted by molar-refractivity contribution is 6.17. The quantitative estimate of drug-likeness (QED) is 0.784.